The Labute approximate surface area is 165 Å². The third-order valence-electron chi connectivity index (χ3n) is 4.29. The number of amides is 2. The largest absolute Gasteiger partial charge is 0.377 e. The van der Waals surface area contributed by atoms with Crippen molar-refractivity contribution >= 4 is 11.8 Å². The maximum absolute atomic E-state index is 12.4. The molecule has 0 aromatic carbocycles. The number of rotatable bonds is 0. The van der Waals surface area contributed by atoms with Gasteiger partial charge in [0.1, 0.15) is 13.2 Å². The van der Waals surface area contributed by atoms with Crippen LogP contribution in [0.3, 0.4) is 0 Å². The maximum Gasteiger partial charge on any atom is 0.248 e. The van der Waals surface area contributed by atoms with E-state index in [4.69, 9.17) is 28.4 Å². The Bertz CT molecular complexity index is 391. The molecule has 2 bridgehead atoms. The van der Waals surface area contributed by atoms with Gasteiger partial charge in [-0.25, -0.2) is 0 Å². The molecule has 0 aliphatic carbocycles. The van der Waals surface area contributed by atoms with E-state index in [-0.39, 0.29) is 38.2 Å². The highest BCUT2D eigenvalue weighted by atomic mass is 16.5. The molecule has 3 saturated heterocycles. The van der Waals surface area contributed by atoms with Crippen molar-refractivity contribution in [1.29, 1.82) is 0 Å². The molecule has 10 heteroatoms. The van der Waals surface area contributed by atoms with Gasteiger partial charge in [0.15, 0.2) is 0 Å². The quantitative estimate of drug-likeness (QED) is 0.495. The second-order valence-electron chi connectivity index (χ2n) is 6.32. The molecule has 0 atom stereocenters. The van der Waals surface area contributed by atoms with Crippen molar-refractivity contribution < 1.29 is 38.0 Å². The number of hydrogen-bond acceptors (Lipinski definition) is 8. The molecule has 3 fully saturated rings. The highest BCUT2D eigenvalue weighted by molar-refractivity contribution is 5.77. The molecule has 3 heterocycles. The molecule has 3 rings (SSSR count). The summed E-state index contributed by atoms with van der Waals surface area (Å²) in [6, 6.07) is 0. The van der Waals surface area contributed by atoms with Gasteiger partial charge in [0.05, 0.1) is 66.1 Å². The van der Waals surface area contributed by atoms with Crippen LogP contribution < -0.4 is 0 Å². The summed E-state index contributed by atoms with van der Waals surface area (Å²) in [5.41, 5.74) is 0. The Kier molecular flexibility index (Phi) is 12.0. The van der Waals surface area contributed by atoms with Gasteiger partial charge in [-0.2, -0.15) is 0 Å². The van der Waals surface area contributed by atoms with Crippen LogP contribution in [0, 0.1) is 0 Å². The molecule has 0 aromatic rings. The van der Waals surface area contributed by atoms with Gasteiger partial charge in [-0.15, -0.1) is 0 Å². The molecule has 10 nitrogen and oxygen atoms in total. The molecule has 0 saturated carbocycles. The van der Waals surface area contributed by atoms with Crippen molar-refractivity contribution in [2.75, 3.05) is 105 Å². The van der Waals surface area contributed by atoms with Crippen LogP contribution in [0.1, 0.15) is 0 Å². The lowest BCUT2D eigenvalue weighted by atomic mass is 10.4. The summed E-state index contributed by atoms with van der Waals surface area (Å²) >= 11 is 0. The van der Waals surface area contributed by atoms with E-state index in [1.807, 2.05) is 0 Å². The first-order valence-electron chi connectivity index (χ1n) is 9.79. The molecular formula is C18H32N2O8. The third kappa shape index (κ3) is 9.76. The summed E-state index contributed by atoms with van der Waals surface area (Å²) in [5.74, 6) is -0.270. The number of ether oxygens (including phenoxy) is 6. The second-order valence-corrected chi connectivity index (χ2v) is 6.32. The highest BCUT2D eigenvalue weighted by Gasteiger charge is 2.16. The molecule has 28 heavy (non-hydrogen) atoms. The number of hydrogen-bond donors (Lipinski definition) is 0. The average Bonchev–Trinajstić information content (AvgIpc) is 2.69. The van der Waals surface area contributed by atoms with Crippen molar-refractivity contribution in [2.24, 2.45) is 0 Å². The molecule has 2 amide bonds. The fourth-order valence-electron chi connectivity index (χ4n) is 2.68. The Balaban J connectivity index is 1.99. The van der Waals surface area contributed by atoms with Crippen LogP contribution in [-0.2, 0) is 38.0 Å². The maximum atomic E-state index is 12.4. The van der Waals surface area contributed by atoms with Gasteiger partial charge in [-0.1, -0.05) is 0 Å². The van der Waals surface area contributed by atoms with Gasteiger partial charge in [0, 0.05) is 26.2 Å². The average molecular weight is 404 g/mol. The highest BCUT2D eigenvalue weighted by Crippen LogP contribution is 1.97. The zero-order valence-corrected chi connectivity index (χ0v) is 16.5. The minimum atomic E-state index is -0.135. The van der Waals surface area contributed by atoms with E-state index in [0.29, 0.717) is 79.0 Å². The lowest BCUT2D eigenvalue weighted by Crippen LogP contribution is -2.40. The van der Waals surface area contributed by atoms with E-state index in [1.165, 1.54) is 0 Å². The zero-order valence-electron chi connectivity index (χ0n) is 16.5. The van der Waals surface area contributed by atoms with Gasteiger partial charge in [0.2, 0.25) is 11.8 Å². The van der Waals surface area contributed by atoms with Crippen LogP contribution in [-0.4, -0.2) is 127 Å². The smallest absolute Gasteiger partial charge is 0.248 e. The van der Waals surface area contributed by atoms with Crippen LogP contribution in [0.25, 0.3) is 0 Å². The predicted molar refractivity (Wildman–Crippen MR) is 98.1 cm³/mol. The third-order valence-corrected chi connectivity index (χ3v) is 4.29. The van der Waals surface area contributed by atoms with Crippen molar-refractivity contribution in [3.05, 3.63) is 0 Å². The summed E-state index contributed by atoms with van der Waals surface area (Å²) < 4.78 is 33.0. The van der Waals surface area contributed by atoms with Gasteiger partial charge < -0.3 is 38.2 Å². The molecular weight excluding hydrogens is 372 g/mol. The van der Waals surface area contributed by atoms with Gasteiger partial charge in [-0.3, -0.25) is 9.59 Å². The first-order valence-corrected chi connectivity index (χ1v) is 9.79. The van der Waals surface area contributed by atoms with Crippen molar-refractivity contribution in [3.8, 4) is 0 Å². The predicted octanol–water partition coefficient (Wildman–Crippen LogP) is -1.23. The van der Waals surface area contributed by atoms with E-state index in [1.54, 1.807) is 9.80 Å². The van der Waals surface area contributed by atoms with Gasteiger partial charge in [-0.05, 0) is 0 Å². The Hall–Kier alpha value is -1.30. The van der Waals surface area contributed by atoms with Gasteiger partial charge >= 0.3 is 0 Å². The Morgan fingerprint density at radius 3 is 1.04 bits per heavy atom. The summed E-state index contributed by atoms with van der Waals surface area (Å²) in [7, 11) is 0. The molecule has 0 N–H and O–H groups in total. The zero-order chi connectivity index (χ0) is 19.9. The number of carbonyl (C=O) groups is 2. The normalized spacial score (nSPS) is 24.1. The molecule has 0 radical (unpaired) electrons. The Morgan fingerprint density at radius 1 is 0.429 bits per heavy atom. The number of nitrogens with zero attached hydrogens (tertiary/aromatic N) is 2. The van der Waals surface area contributed by atoms with Crippen molar-refractivity contribution in [3.63, 3.8) is 0 Å². The van der Waals surface area contributed by atoms with E-state index in [0.717, 1.165) is 0 Å². The van der Waals surface area contributed by atoms with Gasteiger partial charge in [0.25, 0.3) is 0 Å². The SMILES string of the molecule is O=C1COCCOCC(=O)N2CCOCCOCCN1CCOCCOCC2. The second kappa shape index (κ2) is 14.7. The summed E-state index contributed by atoms with van der Waals surface area (Å²) in [4.78, 5) is 28.1. The fourth-order valence-corrected chi connectivity index (χ4v) is 2.68. The van der Waals surface area contributed by atoms with Crippen LogP contribution in [0.4, 0.5) is 0 Å². The molecule has 3 aliphatic heterocycles. The van der Waals surface area contributed by atoms with Crippen LogP contribution >= 0.6 is 0 Å². The van der Waals surface area contributed by atoms with Crippen molar-refractivity contribution in [1.82, 2.24) is 9.80 Å². The van der Waals surface area contributed by atoms with E-state index < -0.39 is 0 Å². The Morgan fingerprint density at radius 2 is 0.714 bits per heavy atom. The molecule has 0 spiro atoms. The molecule has 0 unspecified atom stereocenters. The standard InChI is InChI=1S/C18H32N2O8/c21-17-15-27-13-14-28-16-18(22)20-3-7-25-10-9-23-5-1-19(17)2-6-24-11-12-26-8-4-20/h1-16H2. The minimum absolute atomic E-state index is 0.0460. The van der Waals surface area contributed by atoms with Crippen LogP contribution in [0.2, 0.25) is 0 Å². The van der Waals surface area contributed by atoms with E-state index in [2.05, 4.69) is 0 Å². The van der Waals surface area contributed by atoms with Crippen molar-refractivity contribution in [2.45, 2.75) is 0 Å². The van der Waals surface area contributed by atoms with Crippen LogP contribution in [0.5, 0.6) is 0 Å². The number of carbonyl (C=O) groups excluding carboxylic acids is 2. The number of fused-ring (bicyclic) bond motifs is 21. The summed E-state index contributed by atoms with van der Waals surface area (Å²) in [5, 5.41) is 0. The molecule has 162 valence electrons. The lowest BCUT2D eigenvalue weighted by Gasteiger charge is -2.24. The minimum Gasteiger partial charge on any atom is -0.377 e. The summed E-state index contributed by atoms with van der Waals surface area (Å²) in [6.45, 7) is 5.57. The van der Waals surface area contributed by atoms with E-state index in [9.17, 15) is 9.59 Å². The first-order chi connectivity index (χ1) is 13.8. The van der Waals surface area contributed by atoms with Crippen LogP contribution in [0.15, 0.2) is 0 Å². The molecule has 0 aromatic heterocycles. The van der Waals surface area contributed by atoms with E-state index >= 15 is 0 Å². The fraction of sp³-hybridized carbons (Fsp3) is 0.889. The first kappa shape index (κ1) is 23.0. The lowest BCUT2D eigenvalue weighted by molar-refractivity contribution is -0.142. The summed E-state index contributed by atoms with van der Waals surface area (Å²) in [6.07, 6.45) is 0. The topological polar surface area (TPSA) is 96.0 Å². The monoisotopic (exact) mass is 404 g/mol. The molecule has 3 aliphatic rings.